The second-order valence-electron chi connectivity index (χ2n) is 13.1. The van der Waals surface area contributed by atoms with Crippen molar-refractivity contribution in [2.24, 2.45) is 17.8 Å². The van der Waals surface area contributed by atoms with Gasteiger partial charge in [0.25, 0.3) is 5.91 Å². The van der Waals surface area contributed by atoms with E-state index in [1.54, 1.807) is 34.1 Å². The van der Waals surface area contributed by atoms with Gasteiger partial charge in [-0.05, 0) is 74.6 Å². The summed E-state index contributed by atoms with van der Waals surface area (Å²) in [6.45, 7) is 18.1. The average molecular weight is 709 g/mol. The van der Waals surface area contributed by atoms with Crippen molar-refractivity contribution in [1.82, 2.24) is 4.90 Å². The van der Waals surface area contributed by atoms with Crippen LogP contribution in [-0.4, -0.2) is 82.6 Å². The summed E-state index contributed by atoms with van der Waals surface area (Å²) in [5, 5.41) is 10.7. The molecule has 10 heteroatoms. The molecule has 3 fully saturated rings. The highest BCUT2D eigenvalue weighted by Crippen LogP contribution is 2.61. The molecule has 5 rings (SSSR count). The zero-order valence-corrected chi connectivity index (χ0v) is 29.5. The molecule has 9 nitrogen and oxygen atoms in total. The minimum Gasteiger partial charge on any atom is -0.494 e. The predicted molar refractivity (Wildman–Crippen MR) is 187 cm³/mol. The Kier molecular flexibility index (Phi) is 10.3. The molecule has 2 aromatic rings. The quantitative estimate of drug-likeness (QED) is 0.227. The number of hydrogen-bond donors (Lipinski definition) is 1. The number of rotatable bonds is 13. The van der Waals surface area contributed by atoms with Gasteiger partial charge < -0.3 is 29.3 Å². The van der Waals surface area contributed by atoms with E-state index in [0.29, 0.717) is 24.5 Å². The van der Waals surface area contributed by atoms with Crippen LogP contribution in [0.5, 0.6) is 5.75 Å². The third-order valence-electron chi connectivity index (χ3n) is 9.83. The van der Waals surface area contributed by atoms with Gasteiger partial charge in [-0.15, -0.1) is 13.2 Å². The van der Waals surface area contributed by atoms with Crippen LogP contribution in [0.1, 0.15) is 38.3 Å². The van der Waals surface area contributed by atoms with Gasteiger partial charge in [0.1, 0.15) is 17.4 Å². The van der Waals surface area contributed by atoms with Crippen LogP contribution in [0.2, 0.25) is 0 Å². The number of aliphatic hydroxyl groups excluding tert-OH is 1. The molecule has 3 aliphatic heterocycles. The standard InChI is InChI=1S/C37H46BrN3O6/c1-8-17-39(25-13-15-26(16-14-25)46-10-3)34(43)30-31-35(44)41(29(21-42)22(4)5)33(37(31)20-27(38)32(30)47-37)36(45)40(18-9-2)28-19-23(6)11-12-24(28)7/h8-9,11-16,19,22,27,29-33,42H,1-2,10,17-18,20-21H2,3-7H3/t27?,29-,30+,31-,32+,33?,37?/m0/s1. The summed E-state index contributed by atoms with van der Waals surface area (Å²) in [4.78, 5) is 49.1. The molecule has 3 amide bonds. The number of alkyl halides is 1. The van der Waals surface area contributed by atoms with Crippen LogP contribution in [0.25, 0.3) is 0 Å². The molecule has 2 bridgehead atoms. The van der Waals surface area contributed by atoms with Gasteiger partial charge in [-0.2, -0.15) is 0 Å². The van der Waals surface area contributed by atoms with Crippen molar-refractivity contribution >= 4 is 45.0 Å². The van der Waals surface area contributed by atoms with Crippen molar-refractivity contribution in [2.75, 3.05) is 36.1 Å². The first-order valence-electron chi connectivity index (χ1n) is 16.3. The molecular weight excluding hydrogens is 662 g/mol. The number of amides is 3. The molecule has 3 unspecified atom stereocenters. The van der Waals surface area contributed by atoms with E-state index >= 15 is 4.79 Å². The normalized spacial score (nSPS) is 26.7. The van der Waals surface area contributed by atoms with Gasteiger partial charge in [0.05, 0.1) is 37.2 Å². The van der Waals surface area contributed by atoms with Gasteiger partial charge >= 0.3 is 0 Å². The minimum absolute atomic E-state index is 0.171. The Morgan fingerprint density at radius 1 is 1.11 bits per heavy atom. The molecule has 3 aliphatic rings. The fourth-order valence-electron chi connectivity index (χ4n) is 7.72. The highest BCUT2D eigenvalue weighted by atomic mass is 79.9. The van der Waals surface area contributed by atoms with Gasteiger partial charge in [-0.25, -0.2) is 0 Å². The zero-order valence-electron chi connectivity index (χ0n) is 27.9. The average Bonchev–Trinajstić information content (AvgIpc) is 3.63. The van der Waals surface area contributed by atoms with E-state index in [0.717, 1.165) is 16.8 Å². The highest BCUT2D eigenvalue weighted by Gasteiger charge is 2.77. The Balaban J connectivity index is 1.62. The molecular formula is C37H46BrN3O6. The van der Waals surface area contributed by atoms with Gasteiger partial charge in [-0.1, -0.05) is 54.1 Å². The van der Waals surface area contributed by atoms with Crippen LogP contribution < -0.4 is 14.5 Å². The Hall–Kier alpha value is -3.47. The van der Waals surface area contributed by atoms with Gasteiger partial charge in [0.15, 0.2) is 0 Å². The van der Waals surface area contributed by atoms with Crippen molar-refractivity contribution in [1.29, 1.82) is 0 Å². The van der Waals surface area contributed by atoms with Crippen molar-refractivity contribution < 1.29 is 29.0 Å². The first-order chi connectivity index (χ1) is 22.4. The molecule has 3 heterocycles. The number of aryl methyl sites for hydroxylation is 2. The van der Waals surface area contributed by atoms with Crippen molar-refractivity contribution in [3.05, 3.63) is 78.9 Å². The molecule has 3 saturated heterocycles. The predicted octanol–water partition coefficient (Wildman–Crippen LogP) is 5.21. The Morgan fingerprint density at radius 2 is 1.77 bits per heavy atom. The number of ether oxygens (including phenoxy) is 2. The number of anilines is 2. The molecule has 0 saturated carbocycles. The van der Waals surface area contributed by atoms with E-state index in [2.05, 4.69) is 29.1 Å². The van der Waals surface area contributed by atoms with Crippen LogP contribution >= 0.6 is 15.9 Å². The van der Waals surface area contributed by atoms with Gasteiger partial charge in [0, 0.05) is 29.3 Å². The van der Waals surface area contributed by atoms with E-state index in [4.69, 9.17) is 9.47 Å². The summed E-state index contributed by atoms with van der Waals surface area (Å²) in [6.07, 6.45) is 3.04. The molecule has 7 atom stereocenters. The number of aliphatic hydroxyl groups is 1. The van der Waals surface area contributed by atoms with E-state index in [9.17, 15) is 14.7 Å². The van der Waals surface area contributed by atoms with Crippen LogP contribution in [-0.2, 0) is 19.1 Å². The number of hydrogen-bond acceptors (Lipinski definition) is 6. The summed E-state index contributed by atoms with van der Waals surface area (Å²) < 4.78 is 12.4. The Morgan fingerprint density at radius 3 is 2.36 bits per heavy atom. The van der Waals surface area contributed by atoms with Crippen LogP contribution in [0.15, 0.2) is 67.8 Å². The van der Waals surface area contributed by atoms with E-state index < -0.39 is 35.6 Å². The molecule has 252 valence electrons. The fraction of sp³-hybridized carbons (Fsp3) is 0.486. The SMILES string of the molecule is C=CCN(C(=O)[C@H]1[C@@H]2OC3(CC2Br)C(C(=O)N(CC=C)c2cc(C)ccc2C)N([C@@H](CO)C(C)C)C(=O)[C@H]13)c1ccc(OCC)cc1. The fourth-order valence-corrected chi connectivity index (χ4v) is 8.66. The topological polar surface area (TPSA) is 99.6 Å². The van der Waals surface area contributed by atoms with Crippen molar-refractivity contribution in [3.8, 4) is 5.75 Å². The lowest BCUT2D eigenvalue weighted by Gasteiger charge is -2.40. The number of carbonyl (C=O) groups is 3. The van der Waals surface area contributed by atoms with Crippen molar-refractivity contribution in [3.63, 3.8) is 0 Å². The molecule has 1 spiro atoms. The maximum absolute atomic E-state index is 15.0. The first kappa shape index (κ1) is 34.9. The van der Waals surface area contributed by atoms with Gasteiger partial charge in [-0.3, -0.25) is 14.4 Å². The maximum Gasteiger partial charge on any atom is 0.253 e. The molecule has 0 aliphatic carbocycles. The van der Waals surface area contributed by atoms with Crippen LogP contribution in [0, 0.1) is 31.6 Å². The lowest BCUT2D eigenvalue weighted by molar-refractivity contribution is -0.145. The summed E-state index contributed by atoms with van der Waals surface area (Å²) >= 11 is 3.79. The van der Waals surface area contributed by atoms with E-state index in [1.165, 1.54) is 4.90 Å². The molecule has 0 aromatic heterocycles. The maximum atomic E-state index is 15.0. The van der Waals surface area contributed by atoms with Crippen molar-refractivity contribution in [2.45, 2.75) is 69.7 Å². The lowest BCUT2D eigenvalue weighted by Crippen LogP contribution is -2.60. The third-order valence-corrected chi connectivity index (χ3v) is 10.7. The Labute approximate surface area is 286 Å². The van der Waals surface area contributed by atoms with Gasteiger partial charge in [0.2, 0.25) is 11.8 Å². The largest absolute Gasteiger partial charge is 0.494 e. The summed E-state index contributed by atoms with van der Waals surface area (Å²) in [5.74, 6) is -2.22. The zero-order chi connectivity index (χ0) is 34.2. The van der Waals surface area contributed by atoms with E-state index in [-0.39, 0.29) is 48.2 Å². The van der Waals surface area contributed by atoms with Crippen LogP contribution in [0.3, 0.4) is 0 Å². The Bertz CT molecular complexity index is 1530. The number of carbonyl (C=O) groups excluding carboxylic acids is 3. The minimum atomic E-state index is -1.29. The smallest absolute Gasteiger partial charge is 0.253 e. The summed E-state index contributed by atoms with van der Waals surface area (Å²) in [6, 6.07) is 11.4. The first-order valence-corrected chi connectivity index (χ1v) is 17.3. The number of likely N-dealkylation sites (tertiary alicyclic amines) is 1. The number of fused-ring (bicyclic) bond motifs is 1. The third kappa shape index (κ3) is 5.93. The molecule has 2 aromatic carbocycles. The monoisotopic (exact) mass is 707 g/mol. The summed E-state index contributed by atoms with van der Waals surface area (Å²) in [5.41, 5.74) is 1.95. The number of benzene rings is 2. The second-order valence-corrected chi connectivity index (χ2v) is 14.3. The van der Waals surface area contributed by atoms with Crippen LogP contribution in [0.4, 0.5) is 11.4 Å². The molecule has 1 N–H and O–H groups in total. The second kappa shape index (κ2) is 13.9. The highest BCUT2D eigenvalue weighted by molar-refractivity contribution is 9.09. The molecule has 47 heavy (non-hydrogen) atoms. The summed E-state index contributed by atoms with van der Waals surface area (Å²) in [7, 11) is 0. The number of nitrogens with zero attached hydrogens (tertiary/aromatic N) is 3. The lowest BCUT2D eigenvalue weighted by atomic mass is 9.70. The number of halogens is 1. The van der Waals surface area contributed by atoms with E-state index in [1.807, 2.05) is 65.0 Å². The molecule has 0 radical (unpaired) electrons.